The summed E-state index contributed by atoms with van der Waals surface area (Å²) in [7, 11) is 1.56. The summed E-state index contributed by atoms with van der Waals surface area (Å²) in [6.45, 7) is -0.460. The normalized spacial score (nSPS) is 11.5. The summed E-state index contributed by atoms with van der Waals surface area (Å²) >= 11 is 0. The van der Waals surface area contributed by atoms with E-state index in [4.69, 9.17) is 5.73 Å². The molecule has 0 bridgehead atoms. The monoisotopic (exact) mass is 483 g/mol. The number of carbonyl (C=O) groups is 1. The number of nitrogens with two attached hydrogens (primary N) is 1. The lowest BCUT2D eigenvalue weighted by molar-refractivity contribution is -0.137. The zero-order valence-corrected chi connectivity index (χ0v) is 18.4. The van der Waals surface area contributed by atoms with Gasteiger partial charge in [-0.05, 0) is 42.5 Å². The fourth-order valence-corrected chi connectivity index (χ4v) is 3.36. The van der Waals surface area contributed by atoms with Gasteiger partial charge in [0.25, 0.3) is 5.91 Å². The second kappa shape index (κ2) is 9.50. The lowest BCUT2D eigenvalue weighted by Gasteiger charge is -2.31. The molecule has 12 heteroatoms. The molecule has 1 amide bonds. The number of benzene rings is 1. The number of pyridine rings is 2. The molecule has 0 atom stereocenters. The molecule has 4 rings (SSSR count). The summed E-state index contributed by atoms with van der Waals surface area (Å²) in [5.41, 5.74) is 6.39. The highest BCUT2D eigenvalue weighted by Gasteiger charge is 2.31. The molecule has 0 radical (unpaired) electrons. The highest BCUT2D eigenvalue weighted by molar-refractivity contribution is 5.98. The first-order chi connectivity index (χ1) is 16.7. The van der Waals surface area contributed by atoms with Crippen LogP contribution in [0.15, 0.2) is 61.1 Å². The highest BCUT2D eigenvalue weighted by Crippen LogP contribution is 2.29. The average Bonchev–Trinajstić information content (AvgIpc) is 2.86. The minimum absolute atomic E-state index is 0.147. The minimum Gasteiger partial charge on any atom is -0.392 e. The summed E-state index contributed by atoms with van der Waals surface area (Å²) in [5, 5.41) is 12.7. The number of alkyl halides is 3. The van der Waals surface area contributed by atoms with Gasteiger partial charge in [-0.1, -0.05) is 0 Å². The third kappa shape index (κ3) is 5.11. The number of hydrogen-bond acceptors (Lipinski definition) is 8. The Bertz CT molecular complexity index is 1350. The van der Waals surface area contributed by atoms with Crippen LogP contribution in [0.4, 0.5) is 24.9 Å². The second-order valence-electron chi connectivity index (χ2n) is 7.57. The molecule has 0 spiro atoms. The lowest BCUT2D eigenvalue weighted by atomic mass is 10.1. The predicted octanol–water partition coefficient (Wildman–Crippen LogP) is 3.21. The van der Waals surface area contributed by atoms with Crippen LogP contribution in [-0.2, 0) is 19.3 Å². The van der Waals surface area contributed by atoms with Crippen molar-refractivity contribution in [3.8, 4) is 0 Å². The Labute approximate surface area is 197 Å². The summed E-state index contributed by atoms with van der Waals surface area (Å²) in [6, 6.07) is 10.1. The Kier molecular flexibility index (Phi) is 6.47. The number of anilines is 2. The predicted molar refractivity (Wildman–Crippen MR) is 122 cm³/mol. The summed E-state index contributed by atoms with van der Waals surface area (Å²) in [6.07, 6.45) is -0.800. The Morgan fingerprint density at radius 3 is 2.46 bits per heavy atom. The molecule has 0 fully saturated rings. The summed E-state index contributed by atoms with van der Waals surface area (Å²) < 4.78 is 38.8. The number of nitrogen functional groups attached to an aromatic ring is 1. The van der Waals surface area contributed by atoms with E-state index in [2.05, 4.69) is 19.9 Å². The van der Waals surface area contributed by atoms with Gasteiger partial charge in [0.05, 0.1) is 29.9 Å². The molecular weight excluding hydrogens is 463 g/mol. The van der Waals surface area contributed by atoms with Crippen LogP contribution in [0.2, 0.25) is 0 Å². The number of aliphatic hydroxyl groups is 1. The maximum Gasteiger partial charge on any atom is 0.417 e. The van der Waals surface area contributed by atoms with Gasteiger partial charge in [0.1, 0.15) is 5.82 Å². The first kappa shape index (κ1) is 23.8. The van der Waals surface area contributed by atoms with Crippen molar-refractivity contribution in [3.05, 3.63) is 83.4 Å². The van der Waals surface area contributed by atoms with Crippen LogP contribution in [-0.4, -0.2) is 43.0 Å². The number of hydrazine groups is 1. The molecule has 3 N–H and O–H groups in total. The van der Waals surface area contributed by atoms with E-state index in [1.165, 1.54) is 28.5 Å². The largest absolute Gasteiger partial charge is 0.417 e. The third-order valence-electron chi connectivity index (χ3n) is 5.25. The van der Waals surface area contributed by atoms with E-state index in [0.717, 1.165) is 12.3 Å². The van der Waals surface area contributed by atoms with Crippen LogP contribution in [0.25, 0.3) is 10.9 Å². The maximum absolute atomic E-state index is 13.6. The Morgan fingerprint density at radius 2 is 1.83 bits per heavy atom. The molecule has 0 saturated heterocycles. The van der Waals surface area contributed by atoms with Crippen LogP contribution in [0.1, 0.15) is 27.2 Å². The van der Waals surface area contributed by atoms with E-state index < -0.39 is 17.6 Å². The van der Waals surface area contributed by atoms with Crippen molar-refractivity contribution in [1.29, 1.82) is 0 Å². The smallest absolute Gasteiger partial charge is 0.392 e. The number of nitrogens with zero attached hydrogens (tertiary/aromatic N) is 6. The fourth-order valence-electron chi connectivity index (χ4n) is 3.36. The summed E-state index contributed by atoms with van der Waals surface area (Å²) in [4.78, 5) is 30.0. The van der Waals surface area contributed by atoms with Crippen LogP contribution < -0.4 is 10.7 Å². The van der Waals surface area contributed by atoms with Gasteiger partial charge in [-0.15, -0.1) is 0 Å². The molecule has 0 aliphatic heterocycles. The SMILES string of the molecule is CN(c1ncccn1)N(Cc1ccc(C(F)(F)F)cn1)C(=O)c1ccc2nc(N)c(CO)cc2c1. The first-order valence-electron chi connectivity index (χ1n) is 10.3. The molecule has 3 heterocycles. The Balaban J connectivity index is 1.71. The van der Waals surface area contributed by atoms with Gasteiger partial charge in [0.2, 0.25) is 5.95 Å². The van der Waals surface area contributed by atoms with Crippen molar-refractivity contribution in [2.75, 3.05) is 17.8 Å². The molecule has 35 heavy (non-hydrogen) atoms. The number of rotatable bonds is 6. The van der Waals surface area contributed by atoms with Gasteiger partial charge in [0.15, 0.2) is 0 Å². The number of aliphatic hydroxyl groups excluding tert-OH is 1. The number of aromatic nitrogens is 4. The van der Waals surface area contributed by atoms with Crippen molar-refractivity contribution < 1.29 is 23.1 Å². The average molecular weight is 483 g/mol. The van der Waals surface area contributed by atoms with Gasteiger partial charge in [0, 0.05) is 42.2 Å². The van der Waals surface area contributed by atoms with Gasteiger partial charge in [-0.3, -0.25) is 14.8 Å². The quantitative estimate of drug-likeness (QED) is 0.401. The van der Waals surface area contributed by atoms with E-state index in [1.807, 2.05) is 0 Å². The summed E-state index contributed by atoms with van der Waals surface area (Å²) in [5.74, 6) is -0.0912. The van der Waals surface area contributed by atoms with E-state index in [9.17, 15) is 23.1 Å². The van der Waals surface area contributed by atoms with Gasteiger partial charge in [-0.2, -0.15) is 13.2 Å². The molecule has 9 nitrogen and oxygen atoms in total. The van der Waals surface area contributed by atoms with Crippen molar-refractivity contribution in [2.45, 2.75) is 19.3 Å². The number of fused-ring (bicyclic) bond motifs is 1. The fraction of sp³-hybridized carbons (Fsp3) is 0.174. The third-order valence-corrected chi connectivity index (χ3v) is 5.25. The van der Waals surface area contributed by atoms with E-state index in [1.54, 1.807) is 37.4 Å². The molecule has 4 aromatic rings. The van der Waals surface area contributed by atoms with Crippen LogP contribution in [0, 0.1) is 0 Å². The lowest BCUT2D eigenvalue weighted by Crippen LogP contribution is -2.45. The number of amides is 1. The van der Waals surface area contributed by atoms with Crippen molar-refractivity contribution in [2.24, 2.45) is 0 Å². The second-order valence-corrected chi connectivity index (χ2v) is 7.57. The van der Waals surface area contributed by atoms with Gasteiger partial charge >= 0.3 is 6.18 Å². The van der Waals surface area contributed by atoms with Crippen molar-refractivity contribution >= 4 is 28.6 Å². The first-order valence-corrected chi connectivity index (χ1v) is 10.3. The molecule has 0 aliphatic carbocycles. The van der Waals surface area contributed by atoms with Gasteiger partial charge < -0.3 is 10.8 Å². The molecule has 3 aromatic heterocycles. The number of carbonyl (C=O) groups excluding carboxylic acids is 1. The van der Waals surface area contributed by atoms with Crippen LogP contribution in [0.3, 0.4) is 0 Å². The Hall–Kier alpha value is -4.32. The van der Waals surface area contributed by atoms with Gasteiger partial charge in [-0.25, -0.2) is 20.0 Å². The van der Waals surface area contributed by atoms with Crippen molar-refractivity contribution in [1.82, 2.24) is 24.9 Å². The molecule has 0 saturated carbocycles. The molecule has 180 valence electrons. The van der Waals surface area contributed by atoms with Crippen LogP contribution >= 0.6 is 0 Å². The minimum atomic E-state index is -4.52. The highest BCUT2D eigenvalue weighted by atomic mass is 19.4. The molecule has 1 aromatic carbocycles. The standard InChI is InChI=1S/C23H20F3N7O2/c1-32(22-28-7-2-8-29-22)33(12-18-5-4-17(11-30-18)23(24,25)26)21(35)14-3-6-19-15(9-14)10-16(13-34)20(27)31-19/h2-11,34H,12-13H2,1H3,(H2,27,31). The maximum atomic E-state index is 13.6. The molecular formula is C23H20F3N7O2. The Morgan fingerprint density at radius 1 is 1.09 bits per heavy atom. The molecule has 0 aliphatic rings. The zero-order valence-electron chi connectivity index (χ0n) is 18.4. The zero-order chi connectivity index (χ0) is 25.2. The number of halogens is 3. The van der Waals surface area contributed by atoms with E-state index >= 15 is 0 Å². The van der Waals surface area contributed by atoms with E-state index in [-0.39, 0.29) is 36.2 Å². The van der Waals surface area contributed by atoms with E-state index in [0.29, 0.717) is 16.5 Å². The number of hydrogen-bond donors (Lipinski definition) is 2. The molecule has 0 unspecified atom stereocenters. The van der Waals surface area contributed by atoms with Crippen molar-refractivity contribution in [3.63, 3.8) is 0 Å². The topological polar surface area (TPSA) is 121 Å². The van der Waals surface area contributed by atoms with Crippen LogP contribution in [0.5, 0.6) is 0 Å².